The molecule has 2 heterocycles. The smallest absolute Gasteiger partial charge is 0.414 e. The van der Waals surface area contributed by atoms with E-state index in [1.165, 1.54) is 12.5 Å². The topological polar surface area (TPSA) is 62.7 Å². The minimum absolute atomic E-state index is 0.0874. The zero-order chi connectivity index (χ0) is 20.4. The van der Waals surface area contributed by atoms with Crippen molar-refractivity contribution in [3.63, 3.8) is 0 Å². The lowest BCUT2D eigenvalue weighted by Crippen LogP contribution is -2.52. The van der Waals surface area contributed by atoms with Crippen LogP contribution in [-0.4, -0.2) is 35.7 Å². The minimum Gasteiger partial charge on any atom is -0.446 e. The summed E-state index contributed by atoms with van der Waals surface area (Å²) in [5, 5.41) is 0. The SMILES string of the molecule is CC(=O)N1c2ncc(C3=C(C)CCCC=C3)cc2N(C(=O)OC(C)C)C[C@@H]1C. The summed E-state index contributed by atoms with van der Waals surface area (Å²) in [6.07, 6.45) is 8.71. The largest absolute Gasteiger partial charge is 0.446 e. The first-order chi connectivity index (χ1) is 13.3. The van der Waals surface area contributed by atoms with Crippen LogP contribution >= 0.6 is 0 Å². The summed E-state index contributed by atoms with van der Waals surface area (Å²) >= 11 is 0. The molecule has 6 nitrogen and oxygen atoms in total. The van der Waals surface area contributed by atoms with Gasteiger partial charge in [0.15, 0.2) is 5.82 Å². The summed E-state index contributed by atoms with van der Waals surface area (Å²) in [7, 11) is 0. The number of fused-ring (bicyclic) bond motifs is 1. The molecule has 28 heavy (non-hydrogen) atoms. The van der Waals surface area contributed by atoms with Gasteiger partial charge in [0.1, 0.15) is 0 Å². The number of nitrogens with zero attached hydrogens (tertiary/aromatic N) is 3. The predicted molar refractivity (Wildman–Crippen MR) is 111 cm³/mol. The van der Waals surface area contributed by atoms with Crippen molar-refractivity contribution in [1.82, 2.24) is 4.98 Å². The third-order valence-electron chi connectivity index (χ3n) is 5.13. The molecule has 0 bridgehead atoms. The van der Waals surface area contributed by atoms with Gasteiger partial charge in [-0.05, 0) is 58.6 Å². The molecule has 0 fully saturated rings. The molecule has 1 atom stereocenters. The predicted octanol–water partition coefficient (Wildman–Crippen LogP) is 4.70. The van der Waals surface area contributed by atoms with Gasteiger partial charge in [-0.2, -0.15) is 0 Å². The van der Waals surface area contributed by atoms with Crippen LogP contribution in [0.4, 0.5) is 16.3 Å². The van der Waals surface area contributed by atoms with Crippen LogP contribution in [0.25, 0.3) is 5.57 Å². The molecule has 0 N–H and O–H groups in total. The maximum atomic E-state index is 12.7. The molecule has 0 saturated carbocycles. The first-order valence-corrected chi connectivity index (χ1v) is 9.94. The highest BCUT2D eigenvalue weighted by atomic mass is 16.6. The van der Waals surface area contributed by atoms with E-state index in [0.29, 0.717) is 18.1 Å². The van der Waals surface area contributed by atoms with Crippen LogP contribution in [0.2, 0.25) is 0 Å². The van der Waals surface area contributed by atoms with Crippen molar-refractivity contribution < 1.29 is 14.3 Å². The average Bonchev–Trinajstić information content (AvgIpc) is 2.84. The number of rotatable bonds is 2. The van der Waals surface area contributed by atoms with Gasteiger partial charge in [-0.15, -0.1) is 0 Å². The Bertz CT molecular complexity index is 841. The molecular formula is C22H29N3O3. The monoisotopic (exact) mass is 383 g/mol. The molecule has 0 spiro atoms. The van der Waals surface area contributed by atoms with Gasteiger partial charge < -0.3 is 4.74 Å². The Morgan fingerprint density at radius 3 is 2.75 bits per heavy atom. The van der Waals surface area contributed by atoms with Gasteiger partial charge in [-0.3, -0.25) is 14.6 Å². The van der Waals surface area contributed by atoms with Crippen molar-refractivity contribution in [2.75, 3.05) is 16.3 Å². The van der Waals surface area contributed by atoms with E-state index in [-0.39, 0.29) is 18.1 Å². The average molecular weight is 383 g/mol. The number of pyridine rings is 1. The van der Waals surface area contributed by atoms with Crippen molar-refractivity contribution >= 4 is 29.1 Å². The molecule has 1 aromatic heterocycles. The van der Waals surface area contributed by atoms with Gasteiger partial charge in [-0.25, -0.2) is 9.78 Å². The molecule has 0 aromatic carbocycles. The Labute approximate surface area is 166 Å². The number of allylic oxidation sites excluding steroid dienone is 4. The number of aromatic nitrogens is 1. The van der Waals surface area contributed by atoms with Crippen LogP contribution in [0.15, 0.2) is 30.0 Å². The molecule has 0 unspecified atom stereocenters. The van der Waals surface area contributed by atoms with Crippen LogP contribution in [0, 0.1) is 0 Å². The molecule has 1 aromatic rings. The molecule has 1 aliphatic heterocycles. The van der Waals surface area contributed by atoms with E-state index in [0.717, 1.165) is 30.4 Å². The second-order valence-corrected chi connectivity index (χ2v) is 7.84. The minimum atomic E-state index is -0.410. The van der Waals surface area contributed by atoms with Gasteiger partial charge in [0.25, 0.3) is 0 Å². The van der Waals surface area contributed by atoms with Gasteiger partial charge in [0.05, 0.1) is 24.4 Å². The van der Waals surface area contributed by atoms with Gasteiger partial charge in [-0.1, -0.05) is 17.7 Å². The summed E-state index contributed by atoms with van der Waals surface area (Å²) in [6, 6.07) is 1.78. The fourth-order valence-electron chi connectivity index (χ4n) is 3.83. The van der Waals surface area contributed by atoms with E-state index in [1.54, 1.807) is 16.0 Å². The highest BCUT2D eigenvalue weighted by Crippen LogP contribution is 2.37. The highest BCUT2D eigenvalue weighted by Gasteiger charge is 2.36. The van der Waals surface area contributed by atoms with Gasteiger partial charge in [0, 0.05) is 18.7 Å². The fourth-order valence-corrected chi connectivity index (χ4v) is 3.83. The van der Waals surface area contributed by atoms with Gasteiger partial charge in [0.2, 0.25) is 5.91 Å². The highest BCUT2D eigenvalue weighted by molar-refractivity contribution is 6.01. The molecule has 3 rings (SSSR count). The van der Waals surface area contributed by atoms with E-state index < -0.39 is 6.09 Å². The number of anilines is 2. The standard InChI is InChI=1S/C22H29N3O3/c1-14(2)28-22(27)24-13-16(4)25(17(5)26)21-20(24)11-18(12-23-21)19-10-8-6-7-9-15(19)3/h8,10-12,14,16H,6-7,9,13H2,1-5H3/t16-/m0/s1. The number of ether oxygens (including phenoxy) is 1. The third kappa shape index (κ3) is 3.96. The van der Waals surface area contributed by atoms with E-state index in [2.05, 4.69) is 24.1 Å². The molecule has 2 amide bonds. The van der Waals surface area contributed by atoms with Crippen LogP contribution in [0.3, 0.4) is 0 Å². The molecule has 1 aliphatic carbocycles. The lowest BCUT2D eigenvalue weighted by Gasteiger charge is -2.39. The Balaban J connectivity index is 2.11. The van der Waals surface area contributed by atoms with E-state index in [1.807, 2.05) is 26.8 Å². The van der Waals surface area contributed by atoms with Crippen molar-refractivity contribution in [2.45, 2.75) is 66.0 Å². The quantitative estimate of drug-likeness (QED) is 0.742. The second kappa shape index (κ2) is 8.17. The lowest BCUT2D eigenvalue weighted by molar-refractivity contribution is -0.117. The summed E-state index contributed by atoms with van der Waals surface area (Å²) in [6.45, 7) is 9.60. The summed E-state index contributed by atoms with van der Waals surface area (Å²) in [5.41, 5.74) is 4.02. The Morgan fingerprint density at radius 2 is 2.07 bits per heavy atom. The number of hydrogen-bond acceptors (Lipinski definition) is 4. The Hall–Kier alpha value is -2.63. The maximum Gasteiger partial charge on any atom is 0.414 e. The molecule has 0 radical (unpaired) electrons. The lowest BCUT2D eigenvalue weighted by atomic mass is 9.99. The fraction of sp³-hybridized carbons (Fsp3) is 0.500. The molecular weight excluding hydrogens is 354 g/mol. The maximum absolute atomic E-state index is 12.7. The van der Waals surface area contributed by atoms with E-state index in [4.69, 9.17) is 4.74 Å². The third-order valence-corrected chi connectivity index (χ3v) is 5.13. The normalized spacial score (nSPS) is 19.6. The van der Waals surface area contributed by atoms with Crippen LogP contribution < -0.4 is 9.80 Å². The first-order valence-electron chi connectivity index (χ1n) is 9.94. The zero-order valence-electron chi connectivity index (χ0n) is 17.4. The van der Waals surface area contributed by atoms with E-state index >= 15 is 0 Å². The van der Waals surface area contributed by atoms with Gasteiger partial charge >= 0.3 is 6.09 Å². The summed E-state index contributed by atoms with van der Waals surface area (Å²) < 4.78 is 5.45. The van der Waals surface area contributed by atoms with Crippen LogP contribution in [-0.2, 0) is 9.53 Å². The zero-order valence-corrected chi connectivity index (χ0v) is 17.4. The summed E-state index contributed by atoms with van der Waals surface area (Å²) in [4.78, 5) is 32.9. The number of hydrogen-bond donors (Lipinski definition) is 0. The number of carbonyl (C=O) groups excluding carboxylic acids is 2. The van der Waals surface area contributed by atoms with E-state index in [9.17, 15) is 9.59 Å². The van der Waals surface area contributed by atoms with Crippen molar-refractivity contribution in [1.29, 1.82) is 0 Å². The number of amides is 2. The van der Waals surface area contributed by atoms with Crippen molar-refractivity contribution in [2.24, 2.45) is 0 Å². The Morgan fingerprint density at radius 1 is 1.32 bits per heavy atom. The van der Waals surface area contributed by atoms with Crippen molar-refractivity contribution in [3.8, 4) is 0 Å². The molecule has 0 saturated heterocycles. The summed E-state index contributed by atoms with van der Waals surface area (Å²) in [5.74, 6) is 0.419. The second-order valence-electron chi connectivity index (χ2n) is 7.84. The molecule has 150 valence electrons. The molecule has 2 aliphatic rings. The number of carbonyl (C=O) groups is 2. The van der Waals surface area contributed by atoms with Crippen LogP contribution in [0.1, 0.15) is 59.4 Å². The Kier molecular flexibility index (Phi) is 5.87. The first kappa shape index (κ1) is 20.1. The van der Waals surface area contributed by atoms with Crippen LogP contribution in [0.5, 0.6) is 0 Å². The van der Waals surface area contributed by atoms with Crippen molar-refractivity contribution in [3.05, 3.63) is 35.6 Å². The molecule has 6 heteroatoms.